The van der Waals surface area contributed by atoms with Crippen molar-refractivity contribution in [3.8, 4) is 11.3 Å². The van der Waals surface area contributed by atoms with Crippen LogP contribution in [0.4, 0.5) is 17.6 Å². The van der Waals surface area contributed by atoms with E-state index in [2.05, 4.69) is 15.4 Å². The lowest BCUT2D eigenvalue weighted by Crippen LogP contribution is -2.13. The Morgan fingerprint density at radius 2 is 1.95 bits per heavy atom. The first-order valence-corrected chi connectivity index (χ1v) is 4.88. The highest BCUT2D eigenvalue weighted by molar-refractivity contribution is 5.96. The summed E-state index contributed by atoms with van der Waals surface area (Å²) in [7, 11) is 0. The molecular formula is C10H6F4N4O. The second-order valence-corrected chi connectivity index (χ2v) is 3.58. The molecular weight excluding hydrogens is 268 g/mol. The zero-order valence-corrected chi connectivity index (χ0v) is 9.12. The summed E-state index contributed by atoms with van der Waals surface area (Å²) >= 11 is 0. The number of aromatic nitrogens is 3. The van der Waals surface area contributed by atoms with Gasteiger partial charge in [-0.1, -0.05) is 0 Å². The largest absolute Gasteiger partial charge is 0.419 e. The second kappa shape index (κ2) is 4.34. The van der Waals surface area contributed by atoms with E-state index in [-0.39, 0.29) is 17.0 Å². The van der Waals surface area contributed by atoms with Gasteiger partial charge >= 0.3 is 6.18 Å². The van der Waals surface area contributed by atoms with Crippen molar-refractivity contribution in [3.05, 3.63) is 35.3 Å². The summed E-state index contributed by atoms with van der Waals surface area (Å²) in [6, 6.07) is 2.23. The number of primary amides is 1. The molecule has 19 heavy (non-hydrogen) atoms. The van der Waals surface area contributed by atoms with Gasteiger partial charge in [0.15, 0.2) is 5.69 Å². The first-order valence-electron chi connectivity index (χ1n) is 4.88. The number of amides is 1. The van der Waals surface area contributed by atoms with Gasteiger partial charge in [-0.05, 0) is 18.2 Å². The number of carbonyl (C=O) groups is 1. The minimum Gasteiger partial charge on any atom is -0.364 e. The first kappa shape index (κ1) is 13.0. The van der Waals surface area contributed by atoms with E-state index in [0.717, 1.165) is 6.07 Å². The van der Waals surface area contributed by atoms with E-state index in [1.807, 2.05) is 0 Å². The highest BCUT2D eigenvalue weighted by Gasteiger charge is 2.34. The molecule has 3 N–H and O–H groups in total. The molecule has 0 aliphatic heterocycles. The molecule has 0 atom stereocenters. The van der Waals surface area contributed by atoms with Gasteiger partial charge in [0.25, 0.3) is 5.91 Å². The maximum absolute atomic E-state index is 13.1. The Balaban J connectivity index is 2.58. The summed E-state index contributed by atoms with van der Waals surface area (Å²) < 4.78 is 50.8. The highest BCUT2D eigenvalue weighted by atomic mass is 19.4. The van der Waals surface area contributed by atoms with E-state index in [9.17, 15) is 22.4 Å². The van der Waals surface area contributed by atoms with E-state index in [1.165, 1.54) is 0 Å². The van der Waals surface area contributed by atoms with Crippen molar-refractivity contribution in [1.82, 2.24) is 15.4 Å². The SMILES string of the molecule is NC(=O)c1n[nH]nc1-c1ccc(F)c(C(F)(F)F)c1. The molecule has 2 aromatic rings. The van der Waals surface area contributed by atoms with Crippen LogP contribution in [-0.4, -0.2) is 21.3 Å². The molecule has 0 aliphatic carbocycles. The minimum atomic E-state index is -4.85. The van der Waals surface area contributed by atoms with E-state index in [1.54, 1.807) is 0 Å². The third-order valence-electron chi connectivity index (χ3n) is 2.33. The van der Waals surface area contributed by atoms with E-state index in [4.69, 9.17) is 5.73 Å². The number of rotatable bonds is 2. The van der Waals surface area contributed by atoms with Crippen LogP contribution in [0.3, 0.4) is 0 Å². The third-order valence-corrected chi connectivity index (χ3v) is 2.33. The number of nitrogens with two attached hydrogens (primary N) is 1. The van der Waals surface area contributed by atoms with E-state index in [0.29, 0.717) is 12.1 Å². The van der Waals surface area contributed by atoms with Crippen molar-refractivity contribution in [2.75, 3.05) is 0 Å². The molecule has 0 fully saturated rings. The predicted octanol–water partition coefficient (Wildman–Crippen LogP) is 1.73. The molecule has 0 radical (unpaired) electrons. The summed E-state index contributed by atoms with van der Waals surface area (Å²) in [5.41, 5.74) is 2.93. The molecule has 0 saturated carbocycles. The van der Waals surface area contributed by atoms with Gasteiger partial charge in [-0.15, -0.1) is 0 Å². The second-order valence-electron chi connectivity index (χ2n) is 3.58. The number of nitrogens with zero attached hydrogens (tertiary/aromatic N) is 2. The van der Waals surface area contributed by atoms with E-state index < -0.39 is 23.5 Å². The number of hydrogen-bond acceptors (Lipinski definition) is 3. The van der Waals surface area contributed by atoms with Crippen LogP contribution in [0.15, 0.2) is 18.2 Å². The Morgan fingerprint density at radius 3 is 2.53 bits per heavy atom. The lowest BCUT2D eigenvalue weighted by molar-refractivity contribution is -0.139. The van der Waals surface area contributed by atoms with Crippen LogP contribution in [0.5, 0.6) is 0 Å². The molecule has 0 unspecified atom stereocenters. The van der Waals surface area contributed by atoms with Gasteiger partial charge in [-0.2, -0.15) is 28.6 Å². The molecule has 0 spiro atoms. The lowest BCUT2D eigenvalue weighted by Gasteiger charge is -2.09. The number of H-pyrrole nitrogens is 1. The standard InChI is InChI=1S/C10H6F4N4O/c11-6-2-1-4(3-5(6)10(12,13)14)7-8(9(15)19)17-18-16-7/h1-3H,(H2,15,19)(H,16,17,18). The molecule has 1 aromatic heterocycles. The molecule has 0 aliphatic rings. The number of halogens is 4. The number of carbonyl (C=O) groups excluding carboxylic acids is 1. The normalized spacial score (nSPS) is 11.6. The number of aromatic amines is 1. The molecule has 0 saturated heterocycles. The number of nitrogens with one attached hydrogen (secondary N) is 1. The van der Waals surface area contributed by atoms with Gasteiger partial charge in [0.2, 0.25) is 0 Å². The topological polar surface area (TPSA) is 84.7 Å². The van der Waals surface area contributed by atoms with Crippen LogP contribution in [0.2, 0.25) is 0 Å². The summed E-state index contributed by atoms with van der Waals surface area (Å²) in [6.07, 6.45) is -4.85. The average Bonchev–Trinajstić information content (AvgIpc) is 2.77. The van der Waals surface area contributed by atoms with Gasteiger partial charge in [-0.25, -0.2) is 4.39 Å². The Hall–Kier alpha value is -2.45. The Morgan fingerprint density at radius 1 is 1.26 bits per heavy atom. The van der Waals surface area contributed by atoms with Crippen molar-refractivity contribution in [2.45, 2.75) is 6.18 Å². The summed E-state index contributed by atoms with van der Waals surface area (Å²) in [5.74, 6) is -2.37. The Labute approximate surface area is 103 Å². The molecule has 2 rings (SSSR count). The monoisotopic (exact) mass is 274 g/mol. The molecule has 1 heterocycles. The van der Waals surface area contributed by atoms with Crippen molar-refractivity contribution >= 4 is 5.91 Å². The molecule has 1 amide bonds. The van der Waals surface area contributed by atoms with Crippen LogP contribution < -0.4 is 5.73 Å². The van der Waals surface area contributed by atoms with Gasteiger partial charge in [-0.3, -0.25) is 4.79 Å². The highest BCUT2D eigenvalue weighted by Crippen LogP contribution is 2.34. The minimum absolute atomic E-state index is 0.115. The van der Waals surface area contributed by atoms with Crippen molar-refractivity contribution in [2.24, 2.45) is 5.73 Å². The van der Waals surface area contributed by atoms with E-state index >= 15 is 0 Å². The molecule has 1 aromatic carbocycles. The summed E-state index contributed by atoms with van der Waals surface area (Å²) in [6.45, 7) is 0. The van der Waals surface area contributed by atoms with Crippen LogP contribution in [0.25, 0.3) is 11.3 Å². The average molecular weight is 274 g/mol. The van der Waals surface area contributed by atoms with Gasteiger partial charge in [0.05, 0.1) is 5.56 Å². The quantitative estimate of drug-likeness (QED) is 0.818. The van der Waals surface area contributed by atoms with Crippen molar-refractivity contribution in [3.63, 3.8) is 0 Å². The van der Waals surface area contributed by atoms with Gasteiger partial charge < -0.3 is 5.73 Å². The van der Waals surface area contributed by atoms with Crippen LogP contribution in [-0.2, 0) is 6.18 Å². The maximum Gasteiger partial charge on any atom is 0.419 e. The number of benzene rings is 1. The van der Waals surface area contributed by atoms with Crippen LogP contribution in [0.1, 0.15) is 16.1 Å². The number of alkyl halides is 3. The predicted molar refractivity (Wildman–Crippen MR) is 55.3 cm³/mol. The van der Waals surface area contributed by atoms with Crippen LogP contribution >= 0.6 is 0 Å². The zero-order valence-electron chi connectivity index (χ0n) is 9.12. The van der Waals surface area contributed by atoms with Crippen molar-refractivity contribution in [1.29, 1.82) is 0 Å². The van der Waals surface area contributed by atoms with Crippen LogP contribution in [0, 0.1) is 5.82 Å². The molecule has 9 heteroatoms. The summed E-state index contributed by atoms with van der Waals surface area (Å²) in [5, 5.41) is 9.03. The zero-order chi connectivity index (χ0) is 14.2. The smallest absolute Gasteiger partial charge is 0.364 e. The first-order chi connectivity index (χ1) is 8.80. The van der Waals surface area contributed by atoms with Crippen molar-refractivity contribution < 1.29 is 22.4 Å². The molecule has 5 nitrogen and oxygen atoms in total. The maximum atomic E-state index is 13.1. The molecule has 100 valence electrons. The Bertz CT molecular complexity index is 635. The fraction of sp³-hybridized carbons (Fsp3) is 0.100. The Kier molecular flexibility index (Phi) is 2.97. The van der Waals surface area contributed by atoms with Gasteiger partial charge in [0, 0.05) is 5.56 Å². The number of hydrogen-bond donors (Lipinski definition) is 2. The molecule has 0 bridgehead atoms. The lowest BCUT2D eigenvalue weighted by atomic mass is 10.1. The third kappa shape index (κ3) is 2.39. The summed E-state index contributed by atoms with van der Waals surface area (Å²) in [4.78, 5) is 11.0. The van der Waals surface area contributed by atoms with Gasteiger partial charge in [0.1, 0.15) is 11.5 Å². The fourth-order valence-corrected chi connectivity index (χ4v) is 1.49. The fourth-order valence-electron chi connectivity index (χ4n) is 1.49.